The predicted molar refractivity (Wildman–Crippen MR) is 66.9 cm³/mol. The van der Waals surface area contributed by atoms with Crippen molar-refractivity contribution < 1.29 is 10.2 Å². The van der Waals surface area contributed by atoms with E-state index >= 15 is 0 Å². The topological polar surface area (TPSA) is 43.7 Å². The van der Waals surface area contributed by atoms with Gasteiger partial charge in [-0.25, -0.2) is 0 Å². The SMILES string of the molecule is CC(O)CCN(C)c1ccc(CO)c(Cl)c1. The van der Waals surface area contributed by atoms with Crippen LogP contribution in [0.4, 0.5) is 5.69 Å². The van der Waals surface area contributed by atoms with E-state index in [0.29, 0.717) is 5.02 Å². The third kappa shape index (κ3) is 3.67. The van der Waals surface area contributed by atoms with Crippen LogP contribution in [-0.4, -0.2) is 29.9 Å². The van der Waals surface area contributed by atoms with E-state index in [1.54, 1.807) is 6.92 Å². The van der Waals surface area contributed by atoms with E-state index in [2.05, 4.69) is 0 Å². The summed E-state index contributed by atoms with van der Waals surface area (Å²) in [5.74, 6) is 0. The molecule has 0 aromatic heterocycles. The molecule has 1 atom stereocenters. The molecule has 0 aliphatic heterocycles. The van der Waals surface area contributed by atoms with Crippen LogP contribution in [0.15, 0.2) is 18.2 Å². The van der Waals surface area contributed by atoms with Crippen LogP contribution in [0.2, 0.25) is 5.02 Å². The highest BCUT2D eigenvalue weighted by molar-refractivity contribution is 6.31. The zero-order chi connectivity index (χ0) is 12.1. The summed E-state index contributed by atoms with van der Waals surface area (Å²) in [5, 5.41) is 18.8. The Balaban J connectivity index is 2.69. The van der Waals surface area contributed by atoms with Gasteiger partial charge in [-0.15, -0.1) is 0 Å². The van der Waals surface area contributed by atoms with Gasteiger partial charge in [-0.3, -0.25) is 0 Å². The molecule has 0 aliphatic rings. The van der Waals surface area contributed by atoms with E-state index < -0.39 is 0 Å². The van der Waals surface area contributed by atoms with Crippen LogP contribution in [0.25, 0.3) is 0 Å². The minimum Gasteiger partial charge on any atom is -0.393 e. The molecule has 0 spiro atoms. The fourth-order valence-electron chi connectivity index (χ4n) is 1.41. The van der Waals surface area contributed by atoms with Crippen LogP contribution in [0.3, 0.4) is 0 Å². The van der Waals surface area contributed by atoms with Crippen molar-refractivity contribution in [1.29, 1.82) is 0 Å². The molecule has 1 aromatic carbocycles. The zero-order valence-electron chi connectivity index (χ0n) is 9.65. The largest absolute Gasteiger partial charge is 0.393 e. The molecule has 90 valence electrons. The first-order valence-corrected chi connectivity index (χ1v) is 5.71. The molecule has 4 heteroatoms. The molecule has 0 heterocycles. The maximum atomic E-state index is 9.20. The van der Waals surface area contributed by atoms with E-state index in [1.165, 1.54) is 0 Å². The van der Waals surface area contributed by atoms with Crippen molar-refractivity contribution in [2.24, 2.45) is 0 Å². The van der Waals surface area contributed by atoms with Gasteiger partial charge in [-0.2, -0.15) is 0 Å². The van der Waals surface area contributed by atoms with Crippen molar-refractivity contribution in [3.63, 3.8) is 0 Å². The van der Waals surface area contributed by atoms with Crippen LogP contribution in [-0.2, 0) is 6.61 Å². The summed E-state index contributed by atoms with van der Waals surface area (Å²) in [7, 11) is 1.95. The number of halogens is 1. The number of aliphatic hydroxyl groups excluding tert-OH is 2. The highest BCUT2D eigenvalue weighted by atomic mass is 35.5. The first kappa shape index (κ1) is 13.3. The van der Waals surface area contributed by atoms with Crippen molar-refractivity contribution in [3.8, 4) is 0 Å². The standard InChI is InChI=1S/C12H18ClNO2/c1-9(16)5-6-14(2)11-4-3-10(8-15)12(13)7-11/h3-4,7,9,15-16H,5-6,8H2,1-2H3. The monoisotopic (exact) mass is 243 g/mol. The van der Waals surface area contributed by atoms with E-state index in [4.69, 9.17) is 16.7 Å². The molecule has 0 saturated heterocycles. The summed E-state index contributed by atoms with van der Waals surface area (Å²) in [6, 6.07) is 5.56. The lowest BCUT2D eigenvalue weighted by atomic mass is 10.2. The molecule has 0 aliphatic carbocycles. The average molecular weight is 244 g/mol. The van der Waals surface area contributed by atoms with E-state index in [-0.39, 0.29) is 12.7 Å². The van der Waals surface area contributed by atoms with Gasteiger partial charge in [0.1, 0.15) is 0 Å². The summed E-state index contributed by atoms with van der Waals surface area (Å²) in [6.07, 6.45) is 0.421. The first-order chi connectivity index (χ1) is 7.54. The summed E-state index contributed by atoms with van der Waals surface area (Å²) < 4.78 is 0. The molecule has 0 fully saturated rings. The smallest absolute Gasteiger partial charge is 0.0696 e. The van der Waals surface area contributed by atoms with Crippen molar-refractivity contribution in [1.82, 2.24) is 0 Å². The summed E-state index contributed by atoms with van der Waals surface area (Å²) in [6.45, 7) is 2.50. The Labute approximate surface area is 101 Å². The Morgan fingerprint density at radius 1 is 1.44 bits per heavy atom. The van der Waals surface area contributed by atoms with Crippen LogP contribution in [0.5, 0.6) is 0 Å². The van der Waals surface area contributed by atoms with Crippen LogP contribution in [0, 0.1) is 0 Å². The second-order valence-corrected chi connectivity index (χ2v) is 4.40. The van der Waals surface area contributed by atoms with Crippen molar-refractivity contribution in [2.75, 3.05) is 18.5 Å². The van der Waals surface area contributed by atoms with Crippen molar-refractivity contribution in [3.05, 3.63) is 28.8 Å². The van der Waals surface area contributed by atoms with E-state index in [0.717, 1.165) is 24.2 Å². The van der Waals surface area contributed by atoms with Gasteiger partial charge in [-0.1, -0.05) is 17.7 Å². The van der Waals surface area contributed by atoms with Gasteiger partial charge in [0.05, 0.1) is 12.7 Å². The molecule has 0 saturated carbocycles. The van der Waals surface area contributed by atoms with Gasteiger partial charge in [0.2, 0.25) is 0 Å². The number of aliphatic hydroxyl groups is 2. The van der Waals surface area contributed by atoms with Gasteiger partial charge in [0.15, 0.2) is 0 Å². The van der Waals surface area contributed by atoms with Gasteiger partial charge in [0.25, 0.3) is 0 Å². The fraction of sp³-hybridized carbons (Fsp3) is 0.500. The lowest BCUT2D eigenvalue weighted by Crippen LogP contribution is -2.21. The third-order valence-electron chi connectivity index (χ3n) is 2.53. The summed E-state index contributed by atoms with van der Waals surface area (Å²) >= 11 is 6.00. The number of hydrogen-bond acceptors (Lipinski definition) is 3. The molecule has 0 bridgehead atoms. The maximum absolute atomic E-state index is 9.20. The predicted octanol–water partition coefficient (Wildman–Crippen LogP) is 2.04. The van der Waals surface area contributed by atoms with E-state index in [1.807, 2.05) is 30.1 Å². The fourth-order valence-corrected chi connectivity index (χ4v) is 1.65. The third-order valence-corrected chi connectivity index (χ3v) is 2.88. The Kier molecular flexibility index (Phi) is 5.06. The highest BCUT2D eigenvalue weighted by Crippen LogP contribution is 2.23. The minimum atomic E-state index is -0.297. The molecular weight excluding hydrogens is 226 g/mol. The molecular formula is C12H18ClNO2. The van der Waals surface area contributed by atoms with Gasteiger partial charge >= 0.3 is 0 Å². The molecule has 16 heavy (non-hydrogen) atoms. The highest BCUT2D eigenvalue weighted by Gasteiger charge is 2.06. The molecule has 0 amide bonds. The van der Waals surface area contributed by atoms with Crippen molar-refractivity contribution >= 4 is 17.3 Å². The van der Waals surface area contributed by atoms with Gasteiger partial charge in [-0.05, 0) is 31.0 Å². The Morgan fingerprint density at radius 3 is 2.62 bits per heavy atom. The lowest BCUT2D eigenvalue weighted by molar-refractivity contribution is 0.187. The molecule has 1 rings (SSSR count). The van der Waals surface area contributed by atoms with Crippen molar-refractivity contribution in [2.45, 2.75) is 26.1 Å². The van der Waals surface area contributed by atoms with Gasteiger partial charge < -0.3 is 15.1 Å². The number of anilines is 1. The quantitative estimate of drug-likeness (QED) is 0.832. The number of rotatable bonds is 5. The second kappa shape index (κ2) is 6.09. The summed E-state index contributed by atoms with van der Waals surface area (Å²) in [5.41, 5.74) is 1.72. The number of benzene rings is 1. The summed E-state index contributed by atoms with van der Waals surface area (Å²) in [4.78, 5) is 2.03. The minimum absolute atomic E-state index is 0.0451. The lowest BCUT2D eigenvalue weighted by Gasteiger charge is -2.20. The Hall–Kier alpha value is -0.770. The van der Waals surface area contributed by atoms with Crippen LogP contribution < -0.4 is 4.90 Å². The normalized spacial score (nSPS) is 12.6. The number of nitrogens with zero attached hydrogens (tertiary/aromatic N) is 1. The van der Waals surface area contributed by atoms with Crippen LogP contribution >= 0.6 is 11.6 Å². The maximum Gasteiger partial charge on any atom is 0.0696 e. The Morgan fingerprint density at radius 2 is 2.12 bits per heavy atom. The van der Waals surface area contributed by atoms with Crippen LogP contribution in [0.1, 0.15) is 18.9 Å². The first-order valence-electron chi connectivity index (χ1n) is 5.33. The Bertz CT molecular complexity index is 342. The molecule has 0 radical (unpaired) electrons. The molecule has 3 nitrogen and oxygen atoms in total. The average Bonchev–Trinajstić information content (AvgIpc) is 2.25. The van der Waals surface area contributed by atoms with Gasteiger partial charge in [0, 0.05) is 24.3 Å². The number of hydrogen-bond donors (Lipinski definition) is 2. The molecule has 1 aromatic rings. The second-order valence-electron chi connectivity index (χ2n) is 3.99. The molecule has 1 unspecified atom stereocenters. The van der Waals surface area contributed by atoms with E-state index in [9.17, 15) is 5.11 Å². The zero-order valence-corrected chi connectivity index (χ0v) is 10.4. The molecule has 2 N–H and O–H groups in total.